The van der Waals surface area contributed by atoms with E-state index in [1.807, 2.05) is 18.2 Å². The Morgan fingerprint density at radius 3 is 2.69 bits per heavy atom. The third kappa shape index (κ3) is 3.61. The van der Waals surface area contributed by atoms with Crippen LogP contribution in [-0.4, -0.2) is 24.0 Å². The van der Waals surface area contributed by atoms with Crippen molar-refractivity contribution in [3.05, 3.63) is 23.9 Å². The molecule has 1 unspecified atom stereocenters. The summed E-state index contributed by atoms with van der Waals surface area (Å²) in [6.45, 7) is 3.42. The highest BCUT2D eigenvalue weighted by Gasteiger charge is 2.14. The molecule has 0 heterocycles. The second-order valence-corrected chi connectivity index (χ2v) is 3.71. The van der Waals surface area contributed by atoms with Gasteiger partial charge in [-0.3, -0.25) is 0 Å². The van der Waals surface area contributed by atoms with Gasteiger partial charge >= 0.3 is 0 Å². The molecule has 0 aromatic carbocycles. The molecule has 3 heteroatoms. The maximum absolute atomic E-state index is 9.48. The summed E-state index contributed by atoms with van der Waals surface area (Å²) in [6.07, 6.45) is 6.95. The number of hydrogen-bond donors (Lipinski definition) is 2. The second-order valence-electron chi connectivity index (χ2n) is 3.71. The van der Waals surface area contributed by atoms with Crippen LogP contribution in [0.4, 0.5) is 0 Å². The summed E-state index contributed by atoms with van der Waals surface area (Å²) < 4.78 is 5.15. The number of hydrogen-bond acceptors (Lipinski definition) is 3. The molecule has 1 aliphatic carbocycles. The SMILES string of the molecule is COC1C=CC(NC(C)(C)O)=CC1. The minimum atomic E-state index is -0.865. The van der Waals surface area contributed by atoms with Gasteiger partial charge in [0.05, 0.1) is 6.10 Å². The van der Waals surface area contributed by atoms with Crippen molar-refractivity contribution in [2.75, 3.05) is 7.11 Å². The van der Waals surface area contributed by atoms with E-state index in [9.17, 15) is 5.11 Å². The Bertz CT molecular complexity index is 226. The van der Waals surface area contributed by atoms with E-state index in [2.05, 4.69) is 5.32 Å². The van der Waals surface area contributed by atoms with Gasteiger partial charge in [-0.1, -0.05) is 12.2 Å². The first-order valence-corrected chi connectivity index (χ1v) is 4.43. The highest BCUT2D eigenvalue weighted by Crippen LogP contribution is 2.12. The summed E-state index contributed by atoms with van der Waals surface area (Å²) >= 11 is 0. The summed E-state index contributed by atoms with van der Waals surface area (Å²) in [4.78, 5) is 0. The molecule has 0 radical (unpaired) electrons. The lowest BCUT2D eigenvalue weighted by Gasteiger charge is -2.24. The van der Waals surface area contributed by atoms with Crippen LogP contribution in [0, 0.1) is 0 Å². The molecule has 0 saturated carbocycles. The molecule has 0 aliphatic heterocycles. The highest BCUT2D eigenvalue weighted by molar-refractivity contribution is 5.23. The van der Waals surface area contributed by atoms with Crippen LogP contribution in [0.15, 0.2) is 23.9 Å². The topological polar surface area (TPSA) is 41.5 Å². The van der Waals surface area contributed by atoms with Crippen LogP contribution in [0.5, 0.6) is 0 Å². The molecular formula is C10H17NO2. The number of aliphatic hydroxyl groups is 1. The largest absolute Gasteiger partial charge is 0.377 e. The fourth-order valence-electron chi connectivity index (χ4n) is 1.22. The van der Waals surface area contributed by atoms with Gasteiger partial charge in [0.2, 0.25) is 0 Å². The first kappa shape index (κ1) is 10.3. The Morgan fingerprint density at radius 1 is 1.62 bits per heavy atom. The Balaban J connectivity index is 2.48. The van der Waals surface area contributed by atoms with Crippen molar-refractivity contribution in [2.45, 2.75) is 32.1 Å². The van der Waals surface area contributed by atoms with Gasteiger partial charge in [0.25, 0.3) is 0 Å². The Labute approximate surface area is 79.1 Å². The van der Waals surface area contributed by atoms with Gasteiger partial charge in [0, 0.05) is 12.8 Å². The lowest BCUT2D eigenvalue weighted by Crippen LogP contribution is -2.38. The van der Waals surface area contributed by atoms with Crippen molar-refractivity contribution in [1.29, 1.82) is 0 Å². The first-order valence-electron chi connectivity index (χ1n) is 4.43. The second kappa shape index (κ2) is 3.94. The molecule has 74 valence electrons. The van der Waals surface area contributed by atoms with Crippen LogP contribution in [0.2, 0.25) is 0 Å². The molecule has 3 nitrogen and oxygen atoms in total. The quantitative estimate of drug-likeness (QED) is 0.645. The molecule has 1 aliphatic rings. The van der Waals surface area contributed by atoms with E-state index < -0.39 is 5.72 Å². The predicted octanol–water partition coefficient (Wildman–Crippen LogP) is 1.16. The average Bonchev–Trinajstić information content (AvgIpc) is 2.03. The standard InChI is InChI=1S/C10H17NO2/c1-10(2,12)11-8-4-6-9(13-3)7-5-8/h4-6,9,11-12H,7H2,1-3H3. The number of methoxy groups -OCH3 is 1. The molecule has 0 saturated heterocycles. The number of nitrogens with one attached hydrogen (secondary N) is 1. The minimum Gasteiger partial charge on any atom is -0.377 e. The van der Waals surface area contributed by atoms with Crippen LogP contribution in [-0.2, 0) is 4.74 Å². The Hall–Kier alpha value is -0.800. The van der Waals surface area contributed by atoms with Crippen molar-refractivity contribution in [3.8, 4) is 0 Å². The van der Waals surface area contributed by atoms with Crippen LogP contribution >= 0.6 is 0 Å². The van der Waals surface area contributed by atoms with E-state index in [1.54, 1.807) is 21.0 Å². The zero-order valence-electron chi connectivity index (χ0n) is 8.37. The molecule has 2 N–H and O–H groups in total. The van der Waals surface area contributed by atoms with E-state index in [0.717, 1.165) is 12.1 Å². The molecular weight excluding hydrogens is 166 g/mol. The van der Waals surface area contributed by atoms with E-state index in [-0.39, 0.29) is 6.10 Å². The zero-order chi connectivity index (χ0) is 9.90. The molecule has 13 heavy (non-hydrogen) atoms. The van der Waals surface area contributed by atoms with Crippen LogP contribution < -0.4 is 5.32 Å². The maximum Gasteiger partial charge on any atom is 0.129 e. The fourth-order valence-corrected chi connectivity index (χ4v) is 1.22. The van der Waals surface area contributed by atoms with Gasteiger partial charge < -0.3 is 15.2 Å². The van der Waals surface area contributed by atoms with Crippen molar-refractivity contribution in [2.24, 2.45) is 0 Å². The molecule has 0 fully saturated rings. The molecule has 1 atom stereocenters. The van der Waals surface area contributed by atoms with Crippen LogP contribution in [0.1, 0.15) is 20.3 Å². The van der Waals surface area contributed by atoms with Crippen molar-refractivity contribution in [1.82, 2.24) is 5.32 Å². The minimum absolute atomic E-state index is 0.173. The van der Waals surface area contributed by atoms with Gasteiger partial charge in [-0.15, -0.1) is 0 Å². The van der Waals surface area contributed by atoms with Gasteiger partial charge in [-0.25, -0.2) is 0 Å². The third-order valence-corrected chi connectivity index (χ3v) is 1.81. The maximum atomic E-state index is 9.48. The van der Waals surface area contributed by atoms with Gasteiger partial charge in [-0.05, 0) is 26.3 Å². The van der Waals surface area contributed by atoms with E-state index >= 15 is 0 Å². The molecule has 0 amide bonds. The summed E-state index contributed by atoms with van der Waals surface area (Å²) in [5, 5.41) is 12.5. The van der Waals surface area contributed by atoms with Crippen molar-refractivity contribution < 1.29 is 9.84 Å². The normalized spacial score (nSPS) is 22.8. The highest BCUT2D eigenvalue weighted by atomic mass is 16.5. The Kier molecular flexibility index (Phi) is 3.12. The average molecular weight is 183 g/mol. The number of ether oxygens (including phenoxy) is 1. The van der Waals surface area contributed by atoms with E-state index in [4.69, 9.17) is 4.74 Å². The summed E-state index contributed by atoms with van der Waals surface area (Å²) in [6, 6.07) is 0. The number of rotatable bonds is 3. The fraction of sp³-hybridized carbons (Fsp3) is 0.600. The smallest absolute Gasteiger partial charge is 0.129 e. The van der Waals surface area contributed by atoms with Crippen molar-refractivity contribution in [3.63, 3.8) is 0 Å². The lowest BCUT2D eigenvalue weighted by molar-refractivity contribution is 0.0550. The monoisotopic (exact) mass is 183 g/mol. The predicted molar refractivity (Wildman–Crippen MR) is 52.1 cm³/mol. The molecule has 1 rings (SSSR count). The van der Waals surface area contributed by atoms with E-state index in [1.165, 1.54) is 0 Å². The van der Waals surface area contributed by atoms with Crippen molar-refractivity contribution >= 4 is 0 Å². The van der Waals surface area contributed by atoms with Crippen LogP contribution in [0.3, 0.4) is 0 Å². The first-order chi connectivity index (χ1) is 6.01. The summed E-state index contributed by atoms with van der Waals surface area (Å²) in [5.74, 6) is 0. The van der Waals surface area contributed by atoms with Gasteiger partial charge in [-0.2, -0.15) is 0 Å². The third-order valence-electron chi connectivity index (χ3n) is 1.81. The zero-order valence-corrected chi connectivity index (χ0v) is 8.37. The molecule has 0 aromatic rings. The molecule has 0 spiro atoms. The Morgan fingerprint density at radius 2 is 2.31 bits per heavy atom. The molecule has 0 aromatic heterocycles. The van der Waals surface area contributed by atoms with Gasteiger partial charge in [0.15, 0.2) is 0 Å². The molecule has 0 bridgehead atoms. The summed E-state index contributed by atoms with van der Waals surface area (Å²) in [5.41, 5.74) is 0.0802. The van der Waals surface area contributed by atoms with Crippen LogP contribution in [0.25, 0.3) is 0 Å². The summed E-state index contributed by atoms with van der Waals surface area (Å²) in [7, 11) is 1.69. The van der Waals surface area contributed by atoms with E-state index in [0.29, 0.717) is 0 Å². The lowest BCUT2D eigenvalue weighted by atomic mass is 10.1. The van der Waals surface area contributed by atoms with Gasteiger partial charge in [0.1, 0.15) is 5.72 Å². The number of allylic oxidation sites excluding steroid dienone is 1.